The number of imidazole rings is 1. The quantitative estimate of drug-likeness (QED) is 0.196. The molecule has 4 amide bonds. The second-order valence-electron chi connectivity index (χ2n) is 15.6. The van der Waals surface area contributed by atoms with E-state index >= 15 is 0 Å². The highest BCUT2D eigenvalue weighted by molar-refractivity contribution is 5.99. The predicted octanol–water partition coefficient (Wildman–Crippen LogP) is 7.32. The molecule has 3 aromatic carbocycles. The number of anilines is 1. The van der Waals surface area contributed by atoms with Gasteiger partial charge in [0.15, 0.2) is 0 Å². The van der Waals surface area contributed by atoms with Crippen LogP contribution in [0.25, 0.3) is 33.2 Å². The van der Waals surface area contributed by atoms with E-state index in [-0.39, 0.29) is 23.9 Å². The van der Waals surface area contributed by atoms with Crippen molar-refractivity contribution in [1.82, 2.24) is 25.1 Å². The third kappa shape index (κ3) is 8.62. The predicted molar refractivity (Wildman–Crippen MR) is 208 cm³/mol. The third-order valence-electron chi connectivity index (χ3n) is 10.5. The summed E-state index contributed by atoms with van der Waals surface area (Å²) >= 11 is 0. The summed E-state index contributed by atoms with van der Waals surface area (Å²) < 4.78 is 16.5. The van der Waals surface area contributed by atoms with Crippen LogP contribution in [0.3, 0.4) is 0 Å². The first kappa shape index (κ1) is 37.9. The van der Waals surface area contributed by atoms with Gasteiger partial charge in [0.2, 0.25) is 11.8 Å². The van der Waals surface area contributed by atoms with Crippen molar-refractivity contribution < 1.29 is 33.4 Å². The number of ether oxygens (including phenoxy) is 3. The Morgan fingerprint density at radius 2 is 1.58 bits per heavy atom. The lowest BCUT2D eigenvalue weighted by Crippen LogP contribution is -2.52. The molecule has 4 heterocycles. The summed E-state index contributed by atoms with van der Waals surface area (Å²) in [7, 11) is 1.26. The van der Waals surface area contributed by atoms with Gasteiger partial charge in [-0.1, -0.05) is 30.3 Å². The fraction of sp³-hybridized carbons (Fsp3) is 0.452. The molecule has 0 saturated carbocycles. The van der Waals surface area contributed by atoms with E-state index in [2.05, 4.69) is 58.1 Å². The third-order valence-corrected chi connectivity index (χ3v) is 10.5. The number of fused-ring (bicyclic) bond motifs is 3. The number of H-pyrrole nitrogens is 1. The topological polar surface area (TPSA) is 155 Å². The number of aromatic amines is 1. The molecule has 1 aromatic heterocycles. The van der Waals surface area contributed by atoms with Gasteiger partial charge in [-0.25, -0.2) is 14.6 Å². The number of nitrogens with zero attached hydrogens (tertiary/aromatic N) is 3. The van der Waals surface area contributed by atoms with Gasteiger partial charge in [0.05, 0.1) is 25.5 Å². The fourth-order valence-electron chi connectivity index (χ4n) is 7.76. The van der Waals surface area contributed by atoms with Gasteiger partial charge < -0.3 is 34.7 Å². The number of likely N-dealkylation sites (tertiary alicyclic amines) is 1. The van der Waals surface area contributed by atoms with Crippen LogP contribution in [0.15, 0.2) is 60.8 Å². The van der Waals surface area contributed by atoms with Crippen molar-refractivity contribution in [2.45, 2.75) is 96.1 Å². The average molecular weight is 751 g/mol. The number of alkyl carbamates (subject to hydrolysis) is 1. The van der Waals surface area contributed by atoms with Crippen LogP contribution in [-0.4, -0.2) is 88.3 Å². The summed E-state index contributed by atoms with van der Waals surface area (Å²) in [4.78, 5) is 63.7. The second kappa shape index (κ2) is 16.1. The molecule has 13 heteroatoms. The van der Waals surface area contributed by atoms with Gasteiger partial charge in [-0.15, -0.1) is 0 Å². The van der Waals surface area contributed by atoms with Crippen molar-refractivity contribution in [2.24, 2.45) is 0 Å². The van der Waals surface area contributed by atoms with E-state index in [0.29, 0.717) is 64.1 Å². The minimum Gasteiger partial charge on any atom is -0.453 e. The highest BCUT2D eigenvalue weighted by Crippen LogP contribution is 2.35. The van der Waals surface area contributed by atoms with E-state index in [9.17, 15) is 19.2 Å². The number of amides is 4. The number of rotatable bonds is 4. The lowest BCUT2D eigenvalue weighted by atomic mass is 9.97. The zero-order valence-electron chi connectivity index (χ0n) is 32.0. The van der Waals surface area contributed by atoms with Crippen LogP contribution < -0.4 is 10.6 Å². The van der Waals surface area contributed by atoms with Gasteiger partial charge >= 0.3 is 12.2 Å². The Morgan fingerprint density at radius 3 is 2.36 bits per heavy atom. The molecular formula is C42H50N6O7. The largest absolute Gasteiger partial charge is 0.453 e. The molecule has 0 aliphatic carbocycles. The van der Waals surface area contributed by atoms with Crippen molar-refractivity contribution in [3.05, 3.63) is 72.2 Å². The molecule has 3 aliphatic heterocycles. The van der Waals surface area contributed by atoms with Gasteiger partial charge in [0.1, 0.15) is 23.5 Å². The molecule has 4 aromatic rings. The van der Waals surface area contributed by atoms with E-state index in [4.69, 9.17) is 19.2 Å². The summed E-state index contributed by atoms with van der Waals surface area (Å²) in [5.41, 5.74) is 4.73. The number of hydrogen-bond donors (Lipinski definition) is 3. The number of aromatic nitrogens is 2. The Balaban J connectivity index is 1.08. The Kier molecular flexibility index (Phi) is 11.1. The van der Waals surface area contributed by atoms with Gasteiger partial charge in [-0.2, -0.15) is 0 Å². The molecular weight excluding hydrogens is 700 g/mol. The fourth-order valence-corrected chi connectivity index (χ4v) is 7.76. The van der Waals surface area contributed by atoms with E-state index in [1.54, 1.807) is 9.80 Å². The first-order chi connectivity index (χ1) is 26.5. The molecule has 7 rings (SSSR count). The Labute approximate surface area is 321 Å². The normalized spacial score (nSPS) is 21.1. The molecule has 0 spiro atoms. The Bertz CT molecular complexity index is 2070. The Morgan fingerprint density at radius 1 is 0.873 bits per heavy atom. The van der Waals surface area contributed by atoms with Crippen LogP contribution in [-0.2, 0) is 30.4 Å². The highest BCUT2D eigenvalue weighted by Gasteiger charge is 2.38. The lowest BCUT2D eigenvalue weighted by Gasteiger charge is -2.29. The molecule has 0 radical (unpaired) electrons. The number of carbonyl (C=O) groups excluding carboxylic acids is 4. The zero-order valence-corrected chi connectivity index (χ0v) is 32.0. The van der Waals surface area contributed by atoms with Crippen molar-refractivity contribution in [3.8, 4) is 22.4 Å². The van der Waals surface area contributed by atoms with E-state index in [1.165, 1.54) is 7.11 Å². The number of nitrogens with one attached hydrogen (secondary N) is 3. The second-order valence-corrected chi connectivity index (χ2v) is 15.6. The van der Waals surface area contributed by atoms with Crippen LogP contribution in [0, 0.1) is 0 Å². The molecule has 0 unspecified atom stereocenters. The molecule has 13 nitrogen and oxygen atoms in total. The SMILES string of the molecule is COC(=O)N[C@H]1CCCCOCc2cc(-c3ccc4cc(-c5c[nH]c([C@@H]6CCCN6C(=O)OC(C)(C)C)n5)ccc4c3)ccc2NC(=O)[C@@H]2CCCN2C1=O. The van der Waals surface area contributed by atoms with Gasteiger partial charge in [0.25, 0.3) is 0 Å². The van der Waals surface area contributed by atoms with Crippen LogP contribution >= 0.6 is 0 Å². The number of hydrogen-bond acceptors (Lipinski definition) is 8. The van der Waals surface area contributed by atoms with Crippen LogP contribution in [0.2, 0.25) is 0 Å². The van der Waals surface area contributed by atoms with Gasteiger partial charge in [0, 0.05) is 42.7 Å². The zero-order chi connectivity index (χ0) is 38.7. The molecule has 290 valence electrons. The van der Waals surface area contributed by atoms with Crippen molar-refractivity contribution >= 4 is 40.5 Å². The molecule has 2 saturated heterocycles. The van der Waals surface area contributed by atoms with Gasteiger partial charge in [-0.05, 0) is 112 Å². The Hall–Kier alpha value is -5.43. The van der Waals surface area contributed by atoms with Crippen LogP contribution in [0.4, 0.5) is 15.3 Å². The first-order valence-electron chi connectivity index (χ1n) is 19.2. The minimum absolute atomic E-state index is 0.154. The number of carbonyl (C=O) groups is 4. The summed E-state index contributed by atoms with van der Waals surface area (Å²) in [5, 5.41) is 7.88. The summed E-state index contributed by atoms with van der Waals surface area (Å²) in [6.45, 7) is 7.48. The molecule has 3 N–H and O–H groups in total. The molecule has 2 fully saturated rings. The van der Waals surface area contributed by atoms with Crippen molar-refractivity contribution in [1.29, 1.82) is 0 Å². The summed E-state index contributed by atoms with van der Waals surface area (Å²) in [6.07, 6.45) is 5.65. The van der Waals surface area contributed by atoms with Crippen molar-refractivity contribution in [2.75, 3.05) is 32.1 Å². The maximum atomic E-state index is 13.7. The standard InChI is InChI=1S/C42H50N6O7/c1-42(2,3)55-41(52)48-19-7-10-35(48)37-43-24-34(44-37)30-15-14-27-21-26(12-13-28(27)22-30)29-16-17-32-31(23-29)25-54-20-6-5-9-33(46-40(51)53-4)39(50)47-18-8-11-36(47)38(49)45-32/h12-17,21-24,33,35-36H,5-11,18-20,25H2,1-4H3,(H,43,44)(H,45,49)(H,46,51)/t33-,35-,36-/m0/s1. The molecule has 3 atom stereocenters. The summed E-state index contributed by atoms with van der Waals surface area (Å²) in [6, 6.07) is 17.0. The lowest BCUT2D eigenvalue weighted by molar-refractivity contribution is -0.138. The van der Waals surface area contributed by atoms with E-state index in [0.717, 1.165) is 57.4 Å². The number of methoxy groups -OCH3 is 1. The first-order valence-corrected chi connectivity index (χ1v) is 19.2. The van der Waals surface area contributed by atoms with E-state index < -0.39 is 23.8 Å². The number of benzene rings is 3. The van der Waals surface area contributed by atoms with Crippen molar-refractivity contribution in [3.63, 3.8) is 0 Å². The van der Waals surface area contributed by atoms with Gasteiger partial charge in [-0.3, -0.25) is 14.5 Å². The van der Waals surface area contributed by atoms with E-state index in [1.807, 2.05) is 39.1 Å². The molecule has 0 bridgehead atoms. The molecule has 3 aliphatic rings. The van der Waals surface area contributed by atoms with Crippen LogP contribution in [0.1, 0.15) is 83.1 Å². The summed E-state index contributed by atoms with van der Waals surface area (Å²) in [5.74, 6) is 0.222. The average Bonchev–Trinajstić information content (AvgIpc) is 3.96. The maximum Gasteiger partial charge on any atom is 0.410 e. The monoisotopic (exact) mass is 750 g/mol. The maximum absolute atomic E-state index is 13.7. The highest BCUT2D eigenvalue weighted by atomic mass is 16.6. The minimum atomic E-state index is -0.773. The smallest absolute Gasteiger partial charge is 0.410 e. The molecule has 55 heavy (non-hydrogen) atoms. The van der Waals surface area contributed by atoms with Crippen LogP contribution in [0.5, 0.6) is 0 Å².